The minimum absolute atomic E-state index is 0.0992. The SMILES string of the molecule is Cc1ccc2c(c1)C(=O)N(C(C)C(=O)N1CC(C(=O)O)CCC1C)C2=O. The van der Waals surface area contributed by atoms with Crippen LogP contribution in [-0.4, -0.2) is 57.2 Å². The number of amides is 3. The second kappa shape index (κ2) is 6.55. The van der Waals surface area contributed by atoms with Crippen LogP contribution in [0.2, 0.25) is 0 Å². The summed E-state index contributed by atoms with van der Waals surface area (Å²) >= 11 is 0. The molecular formula is C19H22N2O5. The van der Waals surface area contributed by atoms with Gasteiger partial charge in [-0.05, 0) is 45.7 Å². The van der Waals surface area contributed by atoms with Gasteiger partial charge in [-0.1, -0.05) is 11.6 Å². The first-order valence-corrected chi connectivity index (χ1v) is 8.74. The van der Waals surface area contributed by atoms with Crippen LogP contribution in [0.5, 0.6) is 0 Å². The van der Waals surface area contributed by atoms with E-state index in [1.807, 2.05) is 13.8 Å². The monoisotopic (exact) mass is 358 g/mol. The average Bonchev–Trinajstić information content (AvgIpc) is 2.84. The fraction of sp³-hybridized carbons (Fsp3) is 0.474. The molecule has 2 aliphatic heterocycles. The largest absolute Gasteiger partial charge is 0.481 e. The molecule has 138 valence electrons. The maximum absolute atomic E-state index is 13.0. The zero-order chi connectivity index (χ0) is 19.2. The summed E-state index contributed by atoms with van der Waals surface area (Å²) in [5, 5.41) is 9.25. The molecule has 3 amide bonds. The summed E-state index contributed by atoms with van der Waals surface area (Å²) < 4.78 is 0. The van der Waals surface area contributed by atoms with Crippen molar-refractivity contribution in [3.63, 3.8) is 0 Å². The first kappa shape index (κ1) is 18.1. The lowest BCUT2D eigenvalue weighted by molar-refractivity contribution is -0.148. The molecule has 0 bridgehead atoms. The van der Waals surface area contributed by atoms with E-state index in [2.05, 4.69) is 0 Å². The maximum Gasteiger partial charge on any atom is 0.308 e. The van der Waals surface area contributed by atoms with Gasteiger partial charge in [0, 0.05) is 12.6 Å². The molecular weight excluding hydrogens is 336 g/mol. The van der Waals surface area contributed by atoms with Gasteiger partial charge in [0.1, 0.15) is 6.04 Å². The second-order valence-corrected chi connectivity index (χ2v) is 7.16. The van der Waals surface area contributed by atoms with Crippen molar-refractivity contribution in [1.29, 1.82) is 0 Å². The Morgan fingerprint density at radius 3 is 2.46 bits per heavy atom. The van der Waals surface area contributed by atoms with Crippen molar-refractivity contribution in [2.24, 2.45) is 5.92 Å². The standard InChI is InChI=1S/C19H22N2O5/c1-10-4-7-14-15(8-10)18(24)21(17(14)23)12(3)16(22)20-9-13(19(25)26)6-5-11(20)2/h4,7-8,11-13H,5-6,9H2,1-3H3,(H,25,26). The first-order chi connectivity index (χ1) is 12.2. The Labute approximate surface area is 151 Å². The molecule has 3 atom stereocenters. The van der Waals surface area contributed by atoms with E-state index in [-0.39, 0.29) is 12.6 Å². The Balaban J connectivity index is 1.84. The van der Waals surface area contributed by atoms with Gasteiger partial charge in [-0.25, -0.2) is 0 Å². The molecule has 1 fully saturated rings. The van der Waals surface area contributed by atoms with Gasteiger partial charge in [0.2, 0.25) is 5.91 Å². The fourth-order valence-corrected chi connectivity index (χ4v) is 3.69. The molecule has 2 aliphatic rings. The number of aliphatic carboxylic acids is 1. The molecule has 26 heavy (non-hydrogen) atoms. The normalized spacial score (nSPS) is 23.8. The zero-order valence-corrected chi connectivity index (χ0v) is 15.1. The predicted octanol–water partition coefficient (Wildman–Crippen LogP) is 1.69. The molecule has 3 rings (SSSR count). The summed E-state index contributed by atoms with van der Waals surface area (Å²) in [6.45, 7) is 5.31. The summed E-state index contributed by atoms with van der Waals surface area (Å²) in [5.41, 5.74) is 1.47. The first-order valence-electron chi connectivity index (χ1n) is 8.74. The second-order valence-electron chi connectivity index (χ2n) is 7.16. The molecule has 2 heterocycles. The van der Waals surface area contributed by atoms with Gasteiger partial charge in [-0.15, -0.1) is 0 Å². The van der Waals surface area contributed by atoms with E-state index in [4.69, 9.17) is 0 Å². The van der Waals surface area contributed by atoms with E-state index >= 15 is 0 Å². The Hall–Kier alpha value is -2.70. The summed E-state index contributed by atoms with van der Waals surface area (Å²) in [6.07, 6.45) is 1.09. The molecule has 1 aromatic rings. The van der Waals surface area contributed by atoms with Crippen molar-refractivity contribution in [1.82, 2.24) is 9.80 Å². The quantitative estimate of drug-likeness (QED) is 0.830. The summed E-state index contributed by atoms with van der Waals surface area (Å²) in [6, 6.07) is 3.91. The number of aryl methyl sites for hydroxylation is 1. The molecule has 1 N–H and O–H groups in total. The minimum atomic E-state index is -0.974. The Morgan fingerprint density at radius 1 is 1.15 bits per heavy atom. The topological polar surface area (TPSA) is 95.0 Å². The van der Waals surface area contributed by atoms with Gasteiger partial charge < -0.3 is 10.0 Å². The summed E-state index contributed by atoms with van der Waals surface area (Å²) in [5.74, 6) is -2.90. The third-order valence-corrected chi connectivity index (χ3v) is 5.33. The van der Waals surface area contributed by atoms with Crippen molar-refractivity contribution in [3.8, 4) is 0 Å². The lowest BCUT2D eigenvalue weighted by atomic mass is 9.93. The maximum atomic E-state index is 13.0. The van der Waals surface area contributed by atoms with Crippen molar-refractivity contribution < 1.29 is 24.3 Å². The molecule has 7 heteroatoms. The van der Waals surface area contributed by atoms with E-state index < -0.39 is 35.7 Å². The third-order valence-electron chi connectivity index (χ3n) is 5.33. The van der Waals surface area contributed by atoms with E-state index in [1.165, 1.54) is 11.8 Å². The molecule has 0 radical (unpaired) electrons. The number of piperidine rings is 1. The number of carboxylic acids is 1. The highest BCUT2D eigenvalue weighted by atomic mass is 16.4. The van der Waals surface area contributed by atoms with Crippen LogP contribution in [0.25, 0.3) is 0 Å². The van der Waals surface area contributed by atoms with E-state index in [1.54, 1.807) is 18.2 Å². The Kier molecular flexibility index (Phi) is 4.56. The van der Waals surface area contributed by atoms with E-state index in [0.29, 0.717) is 24.0 Å². The van der Waals surface area contributed by atoms with Crippen LogP contribution in [0.15, 0.2) is 18.2 Å². The number of likely N-dealkylation sites (tertiary alicyclic amines) is 1. The van der Waals surface area contributed by atoms with Crippen LogP contribution in [0.1, 0.15) is 53.0 Å². The number of hydrogen-bond donors (Lipinski definition) is 1. The van der Waals surface area contributed by atoms with Gasteiger partial charge in [0.05, 0.1) is 17.0 Å². The average molecular weight is 358 g/mol. The number of carbonyl (C=O) groups is 4. The van der Waals surface area contributed by atoms with Crippen LogP contribution in [-0.2, 0) is 9.59 Å². The smallest absolute Gasteiger partial charge is 0.308 e. The van der Waals surface area contributed by atoms with Crippen LogP contribution in [0.4, 0.5) is 0 Å². The van der Waals surface area contributed by atoms with Gasteiger partial charge in [0.25, 0.3) is 11.8 Å². The number of fused-ring (bicyclic) bond motifs is 1. The van der Waals surface area contributed by atoms with Gasteiger partial charge in [-0.2, -0.15) is 0 Å². The molecule has 1 saturated heterocycles. The fourth-order valence-electron chi connectivity index (χ4n) is 3.69. The number of imide groups is 1. The molecule has 0 spiro atoms. The van der Waals surface area contributed by atoms with Crippen LogP contribution in [0.3, 0.4) is 0 Å². The van der Waals surface area contributed by atoms with Crippen LogP contribution >= 0.6 is 0 Å². The van der Waals surface area contributed by atoms with Crippen molar-refractivity contribution in [3.05, 3.63) is 34.9 Å². The number of carboxylic acid groups (broad SMARTS) is 1. The number of rotatable bonds is 3. The summed E-state index contributed by atoms with van der Waals surface area (Å²) in [4.78, 5) is 52.0. The van der Waals surface area contributed by atoms with Crippen molar-refractivity contribution >= 4 is 23.7 Å². The number of benzene rings is 1. The van der Waals surface area contributed by atoms with E-state index in [9.17, 15) is 24.3 Å². The number of carbonyl (C=O) groups excluding carboxylic acids is 3. The van der Waals surface area contributed by atoms with Gasteiger partial charge >= 0.3 is 5.97 Å². The van der Waals surface area contributed by atoms with E-state index in [0.717, 1.165) is 10.5 Å². The third kappa shape index (κ3) is 2.87. The molecule has 1 aromatic carbocycles. The lowest BCUT2D eigenvalue weighted by Crippen LogP contribution is -2.55. The summed E-state index contributed by atoms with van der Waals surface area (Å²) in [7, 11) is 0. The molecule has 0 aromatic heterocycles. The predicted molar refractivity (Wildman–Crippen MR) is 92.7 cm³/mol. The number of nitrogens with zero attached hydrogens (tertiary/aromatic N) is 2. The Morgan fingerprint density at radius 2 is 1.81 bits per heavy atom. The molecule has 7 nitrogen and oxygen atoms in total. The van der Waals surface area contributed by atoms with Gasteiger partial charge in [0.15, 0.2) is 0 Å². The Bertz CT molecular complexity index is 803. The molecule has 0 saturated carbocycles. The van der Waals surface area contributed by atoms with Crippen LogP contribution in [0, 0.1) is 12.8 Å². The molecule has 0 aliphatic carbocycles. The zero-order valence-electron chi connectivity index (χ0n) is 15.1. The highest BCUT2D eigenvalue weighted by molar-refractivity contribution is 6.22. The lowest BCUT2D eigenvalue weighted by Gasteiger charge is -2.39. The van der Waals surface area contributed by atoms with Crippen molar-refractivity contribution in [2.45, 2.75) is 45.7 Å². The number of hydrogen-bond acceptors (Lipinski definition) is 4. The highest BCUT2D eigenvalue weighted by Gasteiger charge is 2.43. The van der Waals surface area contributed by atoms with Gasteiger partial charge in [-0.3, -0.25) is 24.1 Å². The van der Waals surface area contributed by atoms with Crippen molar-refractivity contribution in [2.75, 3.05) is 6.54 Å². The van der Waals surface area contributed by atoms with Crippen LogP contribution < -0.4 is 0 Å². The minimum Gasteiger partial charge on any atom is -0.481 e. The highest BCUT2D eigenvalue weighted by Crippen LogP contribution is 2.28. The molecule has 3 unspecified atom stereocenters.